The maximum atomic E-state index is 12.0. The van der Waals surface area contributed by atoms with Crippen LogP contribution in [-0.4, -0.2) is 23.1 Å². The summed E-state index contributed by atoms with van der Waals surface area (Å²) in [7, 11) is 0. The first-order valence-corrected chi connectivity index (χ1v) is 6.51. The van der Waals surface area contributed by atoms with Gasteiger partial charge in [-0.3, -0.25) is 14.9 Å². The van der Waals surface area contributed by atoms with Gasteiger partial charge in [-0.1, -0.05) is 6.58 Å². The van der Waals surface area contributed by atoms with E-state index >= 15 is 0 Å². The number of carbonyl (C=O) groups excluding carboxylic acids is 1. The molecule has 0 fully saturated rings. The molecule has 2 rings (SSSR count). The Labute approximate surface area is 116 Å². The molecule has 1 aromatic carbocycles. The number of hydrogen-bond donors (Lipinski definition) is 1. The van der Waals surface area contributed by atoms with Gasteiger partial charge in [-0.25, -0.2) is 0 Å². The summed E-state index contributed by atoms with van der Waals surface area (Å²) < 4.78 is 0. The van der Waals surface area contributed by atoms with Crippen molar-refractivity contribution in [2.75, 3.05) is 17.2 Å². The smallest absolute Gasteiger partial charge is 0.269 e. The molecule has 0 aromatic heterocycles. The maximum absolute atomic E-state index is 12.0. The van der Waals surface area contributed by atoms with Crippen molar-refractivity contribution >= 4 is 29.9 Å². The molecule has 0 spiro atoms. The molecule has 1 heterocycles. The zero-order valence-electron chi connectivity index (χ0n) is 10.3. The number of anilines is 1. The number of thiol groups is 1. The molecule has 0 unspecified atom stereocenters. The van der Waals surface area contributed by atoms with Crippen molar-refractivity contribution in [3.05, 3.63) is 46.0 Å². The van der Waals surface area contributed by atoms with E-state index in [-0.39, 0.29) is 11.6 Å². The fourth-order valence-corrected chi connectivity index (χ4v) is 2.21. The molecule has 19 heavy (non-hydrogen) atoms. The third-order valence-corrected chi connectivity index (χ3v) is 3.53. The summed E-state index contributed by atoms with van der Waals surface area (Å²) in [5, 5.41) is 10.8. The number of nitro benzene ring substituents is 1. The Bertz CT molecular complexity index is 557. The monoisotopic (exact) mass is 278 g/mol. The maximum Gasteiger partial charge on any atom is 0.269 e. The third kappa shape index (κ3) is 2.78. The number of aryl methyl sites for hydroxylation is 1. The van der Waals surface area contributed by atoms with Gasteiger partial charge >= 0.3 is 0 Å². The van der Waals surface area contributed by atoms with Crippen molar-refractivity contribution in [1.82, 2.24) is 0 Å². The van der Waals surface area contributed by atoms with E-state index < -0.39 is 4.92 Å². The standard InChI is InChI=1S/C13H14N2O3S/c1-9(8-19)7-14-12-4-3-11(15(17)18)6-10(12)2-5-13(14)16/h3-4,6,19H,1-2,5,7-8H2. The predicted molar refractivity (Wildman–Crippen MR) is 76.8 cm³/mol. The van der Waals surface area contributed by atoms with Crippen molar-refractivity contribution in [3.8, 4) is 0 Å². The highest BCUT2D eigenvalue weighted by molar-refractivity contribution is 7.80. The lowest BCUT2D eigenvalue weighted by atomic mass is 10.00. The van der Waals surface area contributed by atoms with Crippen LogP contribution in [-0.2, 0) is 11.2 Å². The molecule has 1 aliphatic heterocycles. The molecule has 6 heteroatoms. The molecule has 1 aliphatic rings. The second-order valence-corrected chi connectivity index (χ2v) is 4.77. The fourth-order valence-electron chi connectivity index (χ4n) is 2.11. The highest BCUT2D eigenvalue weighted by Gasteiger charge is 2.25. The number of amides is 1. The lowest BCUT2D eigenvalue weighted by molar-refractivity contribution is -0.384. The van der Waals surface area contributed by atoms with Crippen molar-refractivity contribution in [1.29, 1.82) is 0 Å². The van der Waals surface area contributed by atoms with Crippen LogP contribution >= 0.6 is 12.6 Å². The Morgan fingerprint density at radius 1 is 1.47 bits per heavy atom. The van der Waals surface area contributed by atoms with Gasteiger partial charge in [-0.05, 0) is 23.6 Å². The molecule has 1 aromatic rings. The zero-order chi connectivity index (χ0) is 14.0. The van der Waals surface area contributed by atoms with Crippen molar-refractivity contribution in [2.24, 2.45) is 0 Å². The number of nitrogens with zero attached hydrogens (tertiary/aromatic N) is 2. The number of rotatable bonds is 4. The SMILES string of the molecule is C=C(CS)CN1C(=O)CCc2cc([N+](=O)[O-])ccc21. The zero-order valence-corrected chi connectivity index (χ0v) is 11.2. The average Bonchev–Trinajstić information content (AvgIpc) is 2.41. The van der Waals surface area contributed by atoms with E-state index in [1.807, 2.05) is 0 Å². The molecule has 0 aliphatic carbocycles. The van der Waals surface area contributed by atoms with Gasteiger partial charge in [-0.2, -0.15) is 12.6 Å². The number of non-ortho nitro benzene ring substituents is 1. The number of benzene rings is 1. The van der Waals surface area contributed by atoms with Gasteiger partial charge in [0.25, 0.3) is 5.69 Å². The second-order valence-electron chi connectivity index (χ2n) is 4.46. The van der Waals surface area contributed by atoms with Gasteiger partial charge in [-0.15, -0.1) is 0 Å². The normalized spacial score (nSPS) is 14.2. The fraction of sp³-hybridized carbons (Fsp3) is 0.308. The number of hydrogen-bond acceptors (Lipinski definition) is 4. The first-order valence-electron chi connectivity index (χ1n) is 5.88. The minimum absolute atomic E-state index is 0.0179. The molecule has 100 valence electrons. The average molecular weight is 278 g/mol. The minimum atomic E-state index is -0.423. The molecule has 5 nitrogen and oxygen atoms in total. The molecule has 0 radical (unpaired) electrons. The first-order chi connectivity index (χ1) is 9.02. The highest BCUT2D eigenvalue weighted by atomic mass is 32.1. The summed E-state index contributed by atoms with van der Waals surface area (Å²) in [5.41, 5.74) is 2.47. The Morgan fingerprint density at radius 3 is 2.84 bits per heavy atom. The van der Waals surface area contributed by atoms with Gasteiger partial charge in [0.05, 0.1) is 4.92 Å². The number of fused-ring (bicyclic) bond motifs is 1. The van der Waals surface area contributed by atoms with Crippen LogP contribution in [0.1, 0.15) is 12.0 Å². The lowest BCUT2D eigenvalue weighted by Gasteiger charge is -2.29. The van der Waals surface area contributed by atoms with E-state index in [1.165, 1.54) is 12.1 Å². The van der Waals surface area contributed by atoms with E-state index in [0.717, 1.165) is 16.8 Å². The summed E-state index contributed by atoms with van der Waals surface area (Å²) >= 11 is 4.13. The van der Waals surface area contributed by atoms with E-state index in [0.29, 0.717) is 25.1 Å². The molecule has 0 N–H and O–H groups in total. The quantitative estimate of drug-likeness (QED) is 0.398. The molecular formula is C13H14N2O3S. The summed E-state index contributed by atoms with van der Waals surface area (Å²) in [6.45, 7) is 4.25. The predicted octanol–water partition coefficient (Wildman–Crippen LogP) is 2.36. The van der Waals surface area contributed by atoms with Crippen LogP contribution in [0.5, 0.6) is 0 Å². The largest absolute Gasteiger partial charge is 0.308 e. The van der Waals surface area contributed by atoms with Crippen LogP contribution in [0.2, 0.25) is 0 Å². The third-order valence-electron chi connectivity index (χ3n) is 3.08. The Morgan fingerprint density at radius 2 is 2.21 bits per heavy atom. The molecule has 0 saturated heterocycles. The van der Waals surface area contributed by atoms with Crippen LogP contribution < -0.4 is 4.90 Å². The Balaban J connectivity index is 2.36. The van der Waals surface area contributed by atoms with E-state index in [4.69, 9.17) is 0 Å². The molecule has 1 amide bonds. The van der Waals surface area contributed by atoms with Gasteiger partial charge < -0.3 is 4.90 Å². The minimum Gasteiger partial charge on any atom is -0.308 e. The van der Waals surface area contributed by atoms with E-state index in [2.05, 4.69) is 19.2 Å². The van der Waals surface area contributed by atoms with Crippen LogP contribution in [0.4, 0.5) is 11.4 Å². The van der Waals surface area contributed by atoms with E-state index in [1.54, 1.807) is 11.0 Å². The van der Waals surface area contributed by atoms with Crippen LogP contribution in [0, 0.1) is 10.1 Å². The molecule has 0 saturated carbocycles. The Hall–Kier alpha value is -1.82. The van der Waals surface area contributed by atoms with Crippen molar-refractivity contribution in [2.45, 2.75) is 12.8 Å². The van der Waals surface area contributed by atoms with Gasteiger partial charge in [0.2, 0.25) is 5.91 Å². The number of nitro groups is 1. The van der Waals surface area contributed by atoms with E-state index in [9.17, 15) is 14.9 Å². The number of carbonyl (C=O) groups is 1. The van der Waals surface area contributed by atoms with Gasteiger partial charge in [0.15, 0.2) is 0 Å². The molecular weight excluding hydrogens is 264 g/mol. The molecule has 0 bridgehead atoms. The summed E-state index contributed by atoms with van der Waals surface area (Å²) in [6, 6.07) is 4.60. The Kier molecular flexibility index (Phi) is 3.90. The van der Waals surface area contributed by atoms with Crippen LogP contribution in [0.3, 0.4) is 0 Å². The van der Waals surface area contributed by atoms with Crippen molar-refractivity contribution in [3.63, 3.8) is 0 Å². The first kappa shape index (κ1) is 13.6. The van der Waals surface area contributed by atoms with Crippen molar-refractivity contribution < 1.29 is 9.72 Å². The summed E-state index contributed by atoms with van der Waals surface area (Å²) in [4.78, 5) is 23.9. The van der Waals surface area contributed by atoms with Gasteiger partial charge in [0.1, 0.15) is 0 Å². The summed E-state index contributed by atoms with van der Waals surface area (Å²) in [5.74, 6) is 0.524. The lowest BCUT2D eigenvalue weighted by Crippen LogP contribution is -2.36. The van der Waals surface area contributed by atoms with Crippen LogP contribution in [0.15, 0.2) is 30.4 Å². The van der Waals surface area contributed by atoms with Gasteiger partial charge in [0, 0.05) is 36.5 Å². The molecule has 0 atom stereocenters. The van der Waals surface area contributed by atoms with Crippen LogP contribution in [0.25, 0.3) is 0 Å². The highest BCUT2D eigenvalue weighted by Crippen LogP contribution is 2.31. The summed E-state index contributed by atoms with van der Waals surface area (Å²) in [6.07, 6.45) is 0.910. The second kappa shape index (κ2) is 5.44. The topological polar surface area (TPSA) is 63.5 Å².